The summed E-state index contributed by atoms with van der Waals surface area (Å²) in [4.78, 5) is 26.8. The molecule has 3 aromatic carbocycles. The Kier molecular flexibility index (Phi) is 7.01. The molecule has 3 aromatic rings. The fourth-order valence-corrected chi connectivity index (χ4v) is 3.99. The molecule has 0 saturated heterocycles. The predicted octanol–water partition coefficient (Wildman–Crippen LogP) is 6.98. The normalized spacial score (nSPS) is 10.8. The molecule has 0 radical (unpaired) electrons. The van der Waals surface area contributed by atoms with Crippen LogP contribution in [0.4, 0.5) is 5.69 Å². The molecule has 148 valence electrons. The van der Waals surface area contributed by atoms with Crippen molar-refractivity contribution in [3.8, 4) is 0 Å². The quantitative estimate of drug-likeness (QED) is 0.330. The number of ketones is 1. The van der Waals surface area contributed by atoms with Crippen LogP contribution in [0.3, 0.4) is 0 Å². The molecule has 0 fully saturated rings. The van der Waals surface area contributed by atoms with E-state index in [0.717, 1.165) is 4.90 Å². The molecule has 0 unspecified atom stereocenters. The first-order valence-electron chi connectivity index (χ1n) is 9.02. The monoisotopic (exact) mass is 443 g/mol. The van der Waals surface area contributed by atoms with Crippen LogP contribution in [0.25, 0.3) is 0 Å². The summed E-state index contributed by atoms with van der Waals surface area (Å²) in [5, 5.41) is 4.01. The fraction of sp³-hybridized carbons (Fsp3) is 0.130. The van der Waals surface area contributed by atoms with E-state index in [1.165, 1.54) is 6.07 Å². The Balaban J connectivity index is 1.87. The molecule has 0 bridgehead atoms. The van der Waals surface area contributed by atoms with Gasteiger partial charge in [0.2, 0.25) is 0 Å². The van der Waals surface area contributed by atoms with Gasteiger partial charge in [-0.1, -0.05) is 49.2 Å². The lowest BCUT2D eigenvalue weighted by atomic mass is 10.0. The third-order valence-electron chi connectivity index (χ3n) is 4.08. The number of anilines is 1. The van der Waals surface area contributed by atoms with Crippen LogP contribution in [0.15, 0.2) is 71.6 Å². The number of rotatable bonds is 6. The first-order valence-corrected chi connectivity index (χ1v) is 10.7. The first-order chi connectivity index (χ1) is 13.8. The predicted molar refractivity (Wildman–Crippen MR) is 122 cm³/mol. The molecule has 0 heterocycles. The van der Waals surface area contributed by atoms with Crippen LogP contribution < -0.4 is 5.32 Å². The maximum Gasteiger partial charge on any atom is 0.255 e. The minimum atomic E-state index is -0.308. The number of hydrogen-bond acceptors (Lipinski definition) is 3. The van der Waals surface area contributed by atoms with Crippen molar-refractivity contribution >= 4 is 52.3 Å². The van der Waals surface area contributed by atoms with E-state index in [1.54, 1.807) is 60.3 Å². The largest absolute Gasteiger partial charge is 0.321 e. The van der Waals surface area contributed by atoms with E-state index in [2.05, 4.69) is 19.2 Å². The third-order valence-corrected chi connectivity index (χ3v) is 5.66. The molecular weight excluding hydrogens is 425 g/mol. The van der Waals surface area contributed by atoms with E-state index in [4.69, 9.17) is 23.2 Å². The van der Waals surface area contributed by atoms with E-state index in [1.807, 2.05) is 12.1 Å². The third kappa shape index (κ3) is 5.41. The van der Waals surface area contributed by atoms with Gasteiger partial charge in [-0.3, -0.25) is 9.59 Å². The number of amides is 1. The molecule has 3 nitrogen and oxygen atoms in total. The highest BCUT2D eigenvalue weighted by atomic mass is 35.5. The van der Waals surface area contributed by atoms with Crippen LogP contribution >= 0.6 is 35.0 Å². The van der Waals surface area contributed by atoms with Crippen molar-refractivity contribution in [2.45, 2.75) is 24.0 Å². The van der Waals surface area contributed by atoms with E-state index >= 15 is 0 Å². The Morgan fingerprint density at radius 3 is 2.24 bits per heavy atom. The maximum atomic E-state index is 13.0. The zero-order valence-electron chi connectivity index (χ0n) is 15.9. The second-order valence-electron chi connectivity index (χ2n) is 6.64. The molecule has 0 aliphatic rings. The van der Waals surface area contributed by atoms with Gasteiger partial charge < -0.3 is 5.32 Å². The van der Waals surface area contributed by atoms with Gasteiger partial charge in [0.25, 0.3) is 5.91 Å². The summed E-state index contributed by atoms with van der Waals surface area (Å²) in [7, 11) is 0. The lowest BCUT2D eigenvalue weighted by Gasteiger charge is -2.12. The average molecular weight is 444 g/mol. The van der Waals surface area contributed by atoms with Gasteiger partial charge in [-0.2, -0.15) is 0 Å². The first kappa shape index (κ1) is 21.4. The SMILES string of the molecule is CC(C)Sc1ccc(C(=O)Nc2ccc(Cl)cc2C(=O)c2ccccc2Cl)cc1. The van der Waals surface area contributed by atoms with Crippen LogP contribution in [0.5, 0.6) is 0 Å². The lowest BCUT2D eigenvalue weighted by molar-refractivity contribution is 0.102. The van der Waals surface area contributed by atoms with E-state index in [0.29, 0.717) is 32.1 Å². The Morgan fingerprint density at radius 2 is 1.59 bits per heavy atom. The van der Waals surface area contributed by atoms with Crippen molar-refractivity contribution in [3.63, 3.8) is 0 Å². The number of benzene rings is 3. The van der Waals surface area contributed by atoms with Crippen molar-refractivity contribution in [1.29, 1.82) is 0 Å². The number of nitrogens with one attached hydrogen (secondary N) is 1. The molecule has 6 heteroatoms. The molecular formula is C23H19Cl2NO2S. The van der Waals surface area contributed by atoms with Gasteiger partial charge in [0, 0.05) is 31.9 Å². The van der Waals surface area contributed by atoms with Gasteiger partial charge in [0.15, 0.2) is 5.78 Å². The molecule has 0 spiro atoms. The molecule has 1 N–H and O–H groups in total. The molecule has 0 atom stereocenters. The van der Waals surface area contributed by atoms with Gasteiger partial charge in [-0.25, -0.2) is 0 Å². The standard InChI is InChI=1S/C23H19Cl2NO2S/c1-14(2)29-17-10-7-15(8-11-17)23(28)26-21-12-9-16(24)13-19(21)22(27)18-5-3-4-6-20(18)25/h3-14H,1-2H3,(H,26,28). The fourth-order valence-electron chi connectivity index (χ4n) is 2.76. The van der Waals surface area contributed by atoms with Crippen molar-refractivity contribution in [2.75, 3.05) is 5.32 Å². The smallest absolute Gasteiger partial charge is 0.255 e. The Labute approximate surface area is 184 Å². The van der Waals surface area contributed by atoms with E-state index in [9.17, 15) is 9.59 Å². The summed E-state index contributed by atoms with van der Waals surface area (Å²) < 4.78 is 0. The number of thioether (sulfide) groups is 1. The van der Waals surface area contributed by atoms with E-state index < -0.39 is 0 Å². The summed E-state index contributed by atoms with van der Waals surface area (Å²) >= 11 is 14.0. The van der Waals surface area contributed by atoms with Gasteiger partial charge in [0.05, 0.1) is 10.7 Å². The molecule has 3 rings (SSSR count). The molecule has 0 aliphatic heterocycles. The van der Waals surface area contributed by atoms with Crippen molar-refractivity contribution in [3.05, 3.63) is 93.5 Å². The van der Waals surface area contributed by atoms with Crippen molar-refractivity contribution < 1.29 is 9.59 Å². The lowest BCUT2D eigenvalue weighted by Crippen LogP contribution is -2.15. The highest BCUT2D eigenvalue weighted by Crippen LogP contribution is 2.27. The molecule has 0 aromatic heterocycles. The zero-order valence-corrected chi connectivity index (χ0v) is 18.2. The summed E-state index contributed by atoms with van der Waals surface area (Å²) in [6.07, 6.45) is 0. The van der Waals surface area contributed by atoms with Gasteiger partial charge >= 0.3 is 0 Å². The van der Waals surface area contributed by atoms with Gasteiger partial charge in [0.1, 0.15) is 0 Å². The number of hydrogen-bond donors (Lipinski definition) is 1. The second-order valence-corrected chi connectivity index (χ2v) is 9.14. The van der Waals surface area contributed by atoms with Crippen LogP contribution in [-0.4, -0.2) is 16.9 Å². The molecule has 1 amide bonds. The minimum Gasteiger partial charge on any atom is -0.321 e. The van der Waals surface area contributed by atoms with Crippen LogP contribution in [-0.2, 0) is 0 Å². The van der Waals surface area contributed by atoms with Crippen LogP contribution in [0, 0.1) is 0 Å². The Morgan fingerprint density at radius 1 is 0.897 bits per heavy atom. The van der Waals surface area contributed by atoms with Crippen LogP contribution in [0.2, 0.25) is 10.0 Å². The second kappa shape index (κ2) is 9.49. The topological polar surface area (TPSA) is 46.2 Å². The van der Waals surface area contributed by atoms with Crippen LogP contribution in [0.1, 0.15) is 40.1 Å². The summed E-state index contributed by atoms with van der Waals surface area (Å²) in [6.45, 7) is 4.23. The van der Waals surface area contributed by atoms with Gasteiger partial charge in [-0.15, -0.1) is 11.8 Å². The minimum absolute atomic E-state index is 0.283. The molecule has 0 saturated carbocycles. The van der Waals surface area contributed by atoms with Crippen molar-refractivity contribution in [2.24, 2.45) is 0 Å². The average Bonchev–Trinajstić information content (AvgIpc) is 2.69. The summed E-state index contributed by atoms with van der Waals surface area (Å²) in [5.74, 6) is -0.612. The van der Waals surface area contributed by atoms with Gasteiger partial charge in [-0.05, 0) is 54.6 Å². The highest BCUT2D eigenvalue weighted by molar-refractivity contribution is 7.99. The summed E-state index contributed by atoms with van der Waals surface area (Å²) in [5.41, 5.74) is 1.52. The Bertz CT molecular complexity index is 1050. The van der Waals surface area contributed by atoms with E-state index in [-0.39, 0.29) is 17.3 Å². The van der Waals surface area contributed by atoms with Crippen molar-refractivity contribution in [1.82, 2.24) is 0 Å². The number of carbonyl (C=O) groups is 2. The maximum absolute atomic E-state index is 13.0. The molecule has 0 aliphatic carbocycles. The summed E-state index contributed by atoms with van der Waals surface area (Å²) in [6, 6.07) is 18.9. The number of carbonyl (C=O) groups excluding carboxylic acids is 2. The highest BCUT2D eigenvalue weighted by Gasteiger charge is 2.18. The number of halogens is 2. The Hall–Kier alpha value is -2.27. The molecule has 29 heavy (non-hydrogen) atoms. The zero-order chi connectivity index (χ0) is 21.0.